The molecular formula is C21H21N7. The maximum Gasteiger partial charge on any atom is 0.137 e. The zero-order valence-corrected chi connectivity index (χ0v) is 15.6. The number of anilines is 3. The first-order valence-electron chi connectivity index (χ1n) is 9.41. The second-order valence-electron chi connectivity index (χ2n) is 6.75. The van der Waals surface area contributed by atoms with Gasteiger partial charge in [-0.05, 0) is 30.7 Å². The first-order chi connectivity index (χ1) is 13.8. The van der Waals surface area contributed by atoms with Gasteiger partial charge in [-0.3, -0.25) is 0 Å². The van der Waals surface area contributed by atoms with E-state index in [-0.39, 0.29) is 0 Å². The number of rotatable bonds is 5. The van der Waals surface area contributed by atoms with Crippen molar-refractivity contribution >= 4 is 28.1 Å². The lowest BCUT2D eigenvalue weighted by atomic mass is 10.1. The predicted molar refractivity (Wildman–Crippen MR) is 112 cm³/mol. The third kappa shape index (κ3) is 2.81. The lowest BCUT2D eigenvalue weighted by Gasteiger charge is -2.16. The number of imidazole rings is 1. The molecule has 2 N–H and O–H groups in total. The van der Waals surface area contributed by atoms with Gasteiger partial charge < -0.3 is 20.1 Å². The summed E-state index contributed by atoms with van der Waals surface area (Å²) < 4.78 is 2.02. The van der Waals surface area contributed by atoms with Gasteiger partial charge in [-0.2, -0.15) is 0 Å². The summed E-state index contributed by atoms with van der Waals surface area (Å²) in [4.78, 5) is 15.4. The number of hydrogen-bond acceptors (Lipinski definition) is 6. The average molecular weight is 371 g/mol. The fourth-order valence-electron chi connectivity index (χ4n) is 3.68. The first-order valence-corrected chi connectivity index (χ1v) is 9.41. The number of benzene rings is 2. The molecule has 5 rings (SSSR count). The Morgan fingerprint density at radius 1 is 1.14 bits per heavy atom. The number of hydrogen-bond donors (Lipinski definition) is 2. The van der Waals surface area contributed by atoms with Crippen molar-refractivity contribution in [1.29, 1.82) is 0 Å². The fourth-order valence-corrected chi connectivity index (χ4v) is 3.68. The highest BCUT2D eigenvalue weighted by molar-refractivity contribution is 5.97. The SMILES string of the molecule is CCN1CNc2cc3c(NCc4ccccc4-n4ccnc4)ncnc3cc21. The smallest absolute Gasteiger partial charge is 0.137 e. The topological polar surface area (TPSA) is 70.9 Å². The first kappa shape index (κ1) is 16.6. The van der Waals surface area contributed by atoms with Gasteiger partial charge in [0.15, 0.2) is 0 Å². The van der Waals surface area contributed by atoms with E-state index in [1.54, 1.807) is 12.5 Å². The Labute approximate surface area is 163 Å². The molecule has 1 aliphatic heterocycles. The minimum absolute atomic E-state index is 0.659. The van der Waals surface area contributed by atoms with Crippen LogP contribution in [0, 0.1) is 0 Å². The third-order valence-corrected chi connectivity index (χ3v) is 5.16. The highest BCUT2D eigenvalue weighted by atomic mass is 15.3. The normalized spacial score (nSPS) is 12.8. The summed E-state index contributed by atoms with van der Waals surface area (Å²) in [6, 6.07) is 12.6. The van der Waals surface area contributed by atoms with Crippen LogP contribution in [0.2, 0.25) is 0 Å². The molecule has 0 amide bonds. The molecule has 0 spiro atoms. The van der Waals surface area contributed by atoms with Crippen molar-refractivity contribution in [3.63, 3.8) is 0 Å². The zero-order valence-electron chi connectivity index (χ0n) is 15.6. The monoisotopic (exact) mass is 371 g/mol. The van der Waals surface area contributed by atoms with E-state index < -0.39 is 0 Å². The van der Waals surface area contributed by atoms with Gasteiger partial charge in [0.1, 0.15) is 12.1 Å². The van der Waals surface area contributed by atoms with Crippen molar-refractivity contribution in [2.45, 2.75) is 13.5 Å². The van der Waals surface area contributed by atoms with Crippen LogP contribution >= 0.6 is 0 Å². The van der Waals surface area contributed by atoms with E-state index in [1.165, 1.54) is 11.3 Å². The quantitative estimate of drug-likeness (QED) is 0.558. The van der Waals surface area contributed by atoms with Crippen LogP contribution in [0.3, 0.4) is 0 Å². The summed E-state index contributed by atoms with van der Waals surface area (Å²) >= 11 is 0. The van der Waals surface area contributed by atoms with E-state index in [1.807, 2.05) is 29.2 Å². The summed E-state index contributed by atoms with van der Waals surface area (Å²) in [5.41, 5.74) is 5.55. The fraction of sp³-hybridized carbons (Fsp3) is 0.190. The van der Waals surface area contributed by atoms with Crippen molar-refractivity contribution in [1.82, 2.24) is 19.5 Å². The van der Waals surface area contributed by atoms with Crippen molar-refractivity contribution in [3.05, 3.63) is 67.0 Å². The highest BCUT2D eigenvalue weighted by Gasteiger charge is 2.19. The standard InChI is InChI=1S/C21H21N7/c1-2-27-14-26-18-9-16-17(10-20(18)27)24-12-25-21(16)23-11-15-5-3-4-6-19(15)28-8-7-22-13-28/h3-10,12-13,26H,2,11,14H2,1H3,(H,23,24,25). The van der Waals surface area contributed by atoms with Gasteiger partial charge in [0.2, 0.25) is 0 Å². The van der Waals surface area contributed by atoms with Gasteiger partial charge in [0.05, 0.1) is 35.6 Å². The van der Waals surface area contributed by atoms with Crippen LogP contribution in [-0.2, 0) is 6.54 Å². The van der Waals surface area contributed by atoms with Crippen LogP contribution in [0.5, 0.6) is 0 Å². The summed E-state index contributed by atoms with van der Waals surface area (Å²) in [6.45, 7) is 4.61. The van der Waals surface area contributed by atoms with Gasteiger partial charge in [-0.25, -0.2) is 15.0 Å². The van der Waals surface area contributed by atoms with Gasteiger partial charge in [0.25, 0.3) is 0 Å². The van der Waals surface area contributed by atoms with Gasteiger partial charge in [0, 0.05) is 30.9 Å². The maximum atomic E-state index is 4.50. The molecule has 140 valence electrons. The lowest BCUT2D eigenvalue weighted by molar-refractivity contribution is 0.911. The summed E-state index contributed by atoms with van der Waals surface area (Å²) in [6.07, 6.45) is 7.17. The largest absolute Gasteiger partial charge is 0.366 e. The van der Waals surface area contributed by atoms with Crippen molar-refractivity contribution < 1.29 is 0 Å². The number of nitrogens with zero attached hydrogens (tertiary/aromatic N) is 5. The molecule has 0 fully saturated rings. The molecule has 7 heteroatoms. The number of fused-ring (bicyclic) bond motifs is 2. The van der Waals surface area contributed by atoms with Crippen LogP contribution in [0.25, 0.3) is 16.6 Å². The van der Waals surface area contributed by atoms with Crippen molar-refractivity contribution in [2.24, 2.45) is 0 Å². The highest BCUT2D eigenvalue weighted by Crippen LogP contribution is 2.36. The van der Waals surface area contributed by atoms with Gasteiger partial charge in [-0.1, -0.05) is 18.2 Å². The van der Waals surface area contributed by atoms with Crippen LogP contribution < -0.4 is 15.5 Å². The van der Waals surface area contributed by atoms with E-state index >= 15 is 0 Å². The summed E-state index contributed by atoms with van der Waals surface area (Å²) in [5, 5.41) is 7.97. The molecule has 4 aromatic rings. The Morgan fingerprint density at radius 2 is 2.07 bits per heavy atom. The molecule has 2 aromatic carbocycles. The molecule has 0 saturated carbocycles. The van der Waals surface area contributed by atoms with Crippen LogP contribution in [0.15, 0.2) is 61.4 Å². The average Bonchev–Trinajstić information content (AvgIpc) is 3.40. The van der Waals surface area contributed by atoms with Crippen LogP contribution in [0.4, 0.5) is 17.2 Å². The Hall–Kier alpha value is -3.61. The molecule has 0 atom stereocenters. The third-order valence-electron chi connectivity index (χ3n) is 5.16. The lowest BCUT2D eigenvalue weighted by Crippen LogP contribution is -2.21. The number of aromatic nitrogens is 4. The van der Waals surface area contributed by atoms with Crippen molar-refractivity contribution in [3.8, 4) is 5.69 Å². The van der Waals surface area contributed by atoms with Gasteiger partial charge in [-0.15, -0.1) is 0 Å². The molecule has 0 bridgehead atoms. The minimum Gasteiger partial charge on any atom is -0.366 e. The molecule has 0 aliphatic carbocycles. The molecule has 3 heterocycles. The van der Waals surface area contributed by atoms with E-state index in [9.17, 15) is 0 Å². The Balaban J connectivity index is 1.47. The molecule has 28 heavy (non-hydrogen) atoms. The maximum absolute atomic E-state index is 4.50. The summed E-state index contributed by atoms with van der Waals surface area (Å²) in [5.74, 6) is 0.838. The van der Waals surface area contributed by atoms with Gasteiger partial charge >= 0.3 is 0 Å². The van der Waals surface area contributed by atoms with Crippen molar-refractivity contribution in [2.75, 3.05) is 28.7 Å². The van der Waals surface area contributed by atoms with Crippen LogP contribution in [-0.4, -0.2) is 32.7 Å². The van der Waals surface area contributed by atoms with E-state index in [2.05, 4.69) is 61.7 Å². The Bertz CT molecular complexity index is 1120. The molecule has 1 aliphatic rings. The number of nitrogens with one attached hydrogen (secondary N) is 2. The molecule has 0 saturated heterocycles. The molecule has 7 nitrogen and oxygen atoms in total. The second kappa shape index (κ2) is 6.84. The van der Waals surface area contributed by atoms with E-state index in [0.29, 0.717) is 6.54 Å². The second-order valence-corrected chi connectivity index (χ2v) is 6.75. The minimum atomic E-state index is 0.659. The summed E-state index contributed by atoms with van der Waals surface area (Å²) in [7, 11) is 0. The molecule has 0 radical (unpaired) electrons. The molecule has 0 unspecified atom stereocenters. The Morgan fingerprint density at radius 3 is 2.93 bits per heavy atom. The van der Waals surface area contributed by atoms with E-state index in [4.69, 9.17) is 0 Å². The predicted octanol–water partition coefficient (Wildman–Crippen LogP) is 3.64. The zero-order chi connectivity index (χ0) is 18.9. The Kier molecular flexibility index (Phi) is 4.05. The number of para-hydroxylation sites is 1. The molecule has 2 aromatic heterocycles. The molecular weight excluding hydrogens is 350 g/mol. The van der Waals surface area contributed by atoms with E-state index in [0.717, 1.165) is 41.3 Å². The van der Waals surface area contributed by atoms with Crippen LogP contribution in [0.1, 0.15) is 12.5 Å².